The summed E-state index contributed by atoms with van der Waals surface area (Å²) in [5.74, 6) is -0.273. The predicted molar refractivity (Wildman–Crippen MR) is 135 cm³/mol. The van der Waals surface area contributed by atoms with Crippen molar-refractivity contribution >= 4 is 34.9 Å². The van der Waals surface area contributed by atoms with Crippen molar-refractivity contribution in [2.75, 3.05) is 25.0 Å². The Morgan fingerprint density at radius 1 is 1.17 bits per heavy atom. The fourth-order valence-electron chi connectivity index (χ4n) is 5.31. The van der Waals surface area contributed by atoms with Gasteiger partial charge in [-0.25, -0.2) is 9.78 Å². The number of aliphatic hydroxyl groups excluding tert-OH is 1. The molecule has 1 fully saturated rings. The van der Waals surface area contributed by atoms with Crippen LogP contribution in [0.25, 0.3) is 22.3 Å². The summed E-state index contributed by atoms with van der Waals surface area (Å²) >= 11 is 0. The molecule has 10 nitrogen and oxygen atoms in total. The Kier molecular flexibility index (Phi) is 5.40. The number of fused-ring (bicyclic) bond motifs is 4. The third-order valence-electron chi connectivity index (χ3n) is 7.21. The van der Waals surface area contributed by atoms with E-state index in [1.54, 1.807) is 16.8 Å². The van der Waals surface area contributed by atoms with Gasteiger partial charge >= 0.3 is 6.03 Å². The van der Waals surface area contributed by atoms with Crippen molar-refractivity contribution in [1.82, 2.24) is 24.8 Å². The zero-order valence-electron chi connectivity index (χ0n) is 20.3. The molecule has 0 aromatic carbocycles. The lowest BCUT2D eigenvalue weighted by atomic mass is 9.99. The number of hydrogen-bond acceptors (Lipinski definition) is 7. The molecule has 184 valence electrons. The van der Waals surface area contributed by atoms with Gasteiger partial charge in [-0.2, -0.15) is 0 Å². The number of carbonyl (C=O) groups is 2. The summed E-state index contributed by atoms with van der Waals surface area (Å²) < 4.78 is 0. The van der Waals surface area contributed by atoms with Gasteiger partial charge in [0.1, 0.15) is 11.6 Å². The number of aliphatic hydroxyl groups is 1. The first-order chi connectivity index (χ1) is 17.4. The monoisotopic (exact) mass is 485 g/mol. The number of pyridine rings is 3. The van der Waals surface area contributed by atoms with Crippen LogP contribution in [0.3, 0.4) is 0 Å². The molecule has 3 aromatic rings. The summed E-state index contributed by atoms with van der Waals surface area (Å²) in [4.78, 5) is 49.4. The van der Waals surface area contributed by atoms with E-state index >= 15 is 0 Å². The Morgan fingerprint density at radius 2 is 1.97 bits per heavy atom. The molecule has 0 unspecified atom stereocenters. The van der Waals surface area contributed by atoms with E-state index in [4.69, 9.17) is 4.98 Å². The van der Waals surface area contributed by atoms with Gasteiger partial charge in [0.15, 0.2) is 0 Å². The third-order valence-corrected chi connectivity index (χ3v) is 7.21. The summed E-state index contributed by atoms with van der Waals surface area (Å²) in [6.45, 7) is 3.52. The summed E-state index contributed by atoms with van der Waals surface area (Å²) in [5.41, 5.74) is 6.74. The van der Waals surface area contributed by atoms with E-state index in [-0.39, 0.29) is 18.0 Å². The van der Waals surface area contributed by atoms with Gasteiger partial charge in [-0.3, -0.25) is 24.7 Å². The first-order valence-electron chi connectivity index (χ1n) is 12.2. The number of piperidine rings is 1. The average Bonchev–Trinajstić information content (AvgIpc) is 3.37. The molecule has 0 saturated carbocycles. The quantitative estimate of drug-likeness (QED) is 0.609. The van der Waals surface area contributed by atoms with Gasteiger partial charge in [-0.05, 0) is 38.0 Å². The number of aliphatic imine (C=N–C) groups is 1. The number of nitrogens with zero attached hydrogens (tertiary/aromatic N) is 7. The highest BCUT2D eigenvalue weighted by Gasteiger charge is 2.38. The van der Waals surface area contributed by atoms with Crippen LogP contribution < -0.4 is 4.90 Å². The van der Waals surface area contributed by atoms with Crippen LogP contribution in [0.2, 0.25) is 0 Å². The van der Waals surface area contributed by atoms with E-state index < -0.39 is 6.10 Å². The zero-order valence-corrected chi connectivity index (χ0v) is 20.3. The third kappa shape index (κ3) is 3.69. The first kappa shape index (κ1) is 22.5. The number of rotatable bonds is 3. The molecule has 1 atom stereocenters. The standard InChI is InChI=1S/C26H27N7O3/c1-15(34)25(35)32-7-5-19(6-8-32)33-24-18(14-31(2)26(33)36)12-28-21-4-3-20(30-23(21)24)17-9-16-10-27-13-22(16)29-11-17/h3-4,9-12,15,19,34H,5-8,13-14H2,1-2H3/t15-/m0/s1. The average molecular weight is 486 g/mol. The smallest absolute Gasteiger partial charge is 0.324 e. The van der Waals surface area contributed by atoms with Gasteiger partial charge in [-0.15, -0.1) is 0 Å². The Labute approximate surface area is 208 Å². The van der Waals surface area contributed by atoms with Gasteiger partial charge in [-0.1, -0.05) is 0 Å². The number of likely N-dealkylation sites (tertiary alicyclic amines) is 1. The van der Waals surface area contributed by atoms with Crippen molar-refractivity contribution in [3.63, 3.8) is 0 Å². The Balaban J connectivity index is 1.41. The molecule has 3 aliphatic rings. The Hall–Kier alpha value is -3.92. The molecule has 6 rings (SSSR count). The summed E-state index contributed by atoms with van der Waals surface area (Å²) in [7, 11) is 1.79. The highest BCUT2D eigenvalue weighted by Crippen LogP contribution is 2.38. The molecule has 1 saturated heterocycles. The van der Waals surface area contributed by atoms with Crippen molar-refractivity contribution in [2.24, 2.45) is 4.99 Å². The minimum atomic E-state index is -1.03. The van der Waals surface area contributed by atoms with Crippen molar-refractivity contribution in [1.29, 1.82) is 0 Å². The summed E-state index contributed by atoms with van der Waals surface area (Å²) in [6.07, 6.45) is 5.69. The van der Waals surface area contributed by atoms with Gasteiger partial charge < -0.3 is 14.9 Å². The molecule has 10 heteroatoms. The molecule has 3 aliphatic heterocycles. The predicted octanol–water partition coefficient (Wildman–Crippen LogP) is 2.37. The van der Waals surface area contributed by atoms with E-state index in [2.05, 4.69) is 15.0 Å². The number of anilines is 1. The van der Waals surface area contributed by atoms with E-state index in [1.165, 1.54) is 6.92 Å². The van der Waals surface area contributed by atoms with E-state index in [0.717, 1.165) is 39.3 Å². The molecule has 1 N–H and O–H groups in total. The molecule has 3 amide bonds. The maximum absolute atomic E-state index is 13.5. The van der Waals surface area contributed by atoms with E-state index in [9.17, 15) is 14.7 Å². The second kappa shape index (κ2) is 8.63. The SMILES string of the molecule is C[C@H](O)C(=O)N1CCC(N2C(=O)N(C)Cc3cnc4ccc(-c5cnc6c(c5)C=NC6)nc4c32)CC1. The maximum atomic E-state index is 13.5. The van der Waals surface area contributed by atoms with Crippen LogP contribution in [0.1, 0.15) is 36.6 Å². The topological polar surface area (TPSA) is 115 Å². The lowest BCUT2D eigenvalue weighted by Crippen LogP contribution is -2.55. The lowest BCUT2D eigenvalue weighted by molar-refractivity contribution is -0.140. The molecule has 3 aromatic heterocycles. The van der Waals surface area contributed by atoms with E-state index in [0.29, 0.717) is 44.5 Å². The molecule has 0 aliphatic carbocycles. The van der Waals surface area contributed by atoms with Gasteiger partial charge in [0, 0.05) is 61.5 Å². The minimum Gasteiger partial charge on any atom is -0.384 e. The molecular formula is C26H27N7O3. The second-order valence-corrected chi connectivity index (χ2v) is 9.67. The lowest BCUT2D eigenvalue weighted by Gasteiger charge is -2.43. The summed E-state index contributed by atoms with van der Waals surface area (Å²) in [6, 6.07) is 5.73. The number of aromatic nitrogens is 3. The van der Waals surface area contributed by atoms with Gasteiger partial charge in [0.05, 0.1) is 35.7 Å². The van der Waals surface area contributed by atoms with Crippen LogP contribution >= 0.6 is 0 Å². The Morgan fingerprint density at radius 3 is 2.75 bits per heavy atom. The van der Waals surface area contributed by atoms with Crippen molar-refractivity contribution in [3.8, 4) is 11.3 Å². The second-order valence-electron chi connectivity index (χ2n) is 9.67. The number of urea groups is 1. The van der Waals surface area contributed by atoms with Crippen LogP contribution in [0.4, 0.5) is 10.5 Å². The van der Waals surface area contributed by atoms with Gasteiger partial charge in [0.25, 0.3) is 5.91 Å². The fraction of sp³-hybridized carbons (Fsp3) is 0.385. The van der Waals surface area contributed by atoms with Crippen LogP contribution in [-0.2, 0) is 17.9 Å². The molecule has 0 bridgehead atoms. The number of hydrogen-bond donors (Lipinski definition) is 1. The number of carbonyl (C=O) groups excluding carboxylic acids is 2. The highest BCUT2D eigenvalue weighted by molar-refractivity contribution is 6.04. The van der Waals surface area contributed by atoms with Gasteiger partial charge in [0.2, 0.25) is 0 Å². The van der Waals surface area contributed by atoms with Crippen LogP contribution in [0.5, 0.6) is 0 Å². The van der Waals surface area contributed by atoms with Crippen molar-refractivity contribution in [2.45, 2.75) is 45.0 Å². The van der Waals surface area contributed by atoms with E-state index in [1.807, 2.05) is 41.7 Å². The molecule has 36 heavy (non-hydrogen) atoms. The van der Waals surface area contributed by atoms with Crippen LogP contribution in [-0.4, -0.2) is 80.3 Å². The summed E-state index contributed by atoms with van der Waals surface area (Å²) in [5, 5.41) is 9.70. The van der Waals surface area contributed by atoms with Crippen molar-refractivity contribution < 1.29 is 14.7 Å². The molecule has 6 heterocycles. The maximum Gasteiger partial charge on any atom is 0.324 e. The largest absolute Gasteiger partial charge is 0.384 e. The first-order valence-corrected chi connectivity index (χ1v) is 12.2. The van der Waals surface area contributed by atoms with Crippen LogP contribution in [0.15, 0.2) is 35.6 Å². The van der Waals surface area contributed by atoms with Crippen molar-refractivity contribution in [3.05, 3.63) is 47.4 Å². The molecular weight excluding hydrogens is 458 g/mol. The normalized spacial score (nSPS) is 18.5. The zero-order chi connectivity index (χ0) is 25.0. The minimum absolute atomic E-state index is 0.0853. The van der Waals surface area contributed by atoms with Crippen LogP contribution in [0, 0.1) is 0 Å². The molecule has 0 spiro atoms. The number of amides is 3. The highest BCUT2D eigenvalue weighted by atomic mass is 16.3. The molecule has 0 radical (unpaired) electrons. The fourth-order valence-corrected chi connectivity index (χ4v) is 5.31. The Bertz CT molecular complexity index is 1410.